The van der Waals surface area contributed by atoms with Gasteiger partial charge in [0.15, 0.2) is 5.11 Å². The molecule has 26 heavy (non-hydrogen) atoms. The van der Waals surface area contributed by atoms with E-state index < -0.39 is 0 Å². The number of hydrogen-bond donors (Lipinski definition) is 1. The molecule has 6 heteroatoms. The Morgan fingerprint density at radius 3 is 2.50 bits per heavy atom. The molecular weight excluding hydrogens is 366 g/mol. The van der Waals surface area contributed by atoms with E-state index >= 15 is 0 Å². The number of nitrogens with one attached hydrogen (secondary N) is 1. The van der Waals surface area contributed by atoms with Gasteiger partial charge in [0, 0.05) is 43.4 Å². The Labute approximate surface area is 165 Å². The third-order valence-electron chi connectivity index (χ3n) is 4.59. The molecule has 0 radical (unpaired) electrons. The van der Waals surface area contributed by atoms with Crippen LogP contribution in [0.4, 0.5) is 5.69 Å². The standard InChI is InChI=1S/C20H24ClN3OS/c1-25-19-7-5-16(6-8-19)9-10-22-20(26)24-13-11-23(12-14-24)18-4-2-3-17(21)15-18/h2-8,15H,9-14H2,1H3,(H,22,26). The molecule has 1 fully saturated rings. The maximum atomic E-state index is 6.09. The van der Waals surface area contributed by atoms with Gasteiger partial charge in [-0.05, 0) is 54.5 Å². The molecular formula is C20H24ClN3OS. The van der Waals surface area contributed by atoms with Gasteiger partial charge in [-0.3, -0.25) is 0 Å². The van der Waals surface area contributed by atoms with Gasteiger partial charge in [0.25, 0.3) is 0 Å². The van der Waals surface area contributed by atoms with Crippen LogP contribution in [-0.2, 0) is 6.42 Å². The second-order valence-corrected chi connectivity index (χ2v) is 7.11. The summed E-state index contributed by atoms with van der Waals surface area (Å²) >= 11 is 11.7. The number of halogens is 1. The van der Waals surface area contributed by atoms with E-state index in [9.17, 15) is 0 Å². The minimum Gasteiger partial charge on any atom is -0.497 e. The zero-order chi connectivity index (χ0) is 18.4. The van der Waals surface area contributed by atoms with Gasteiger partial charge in [-0.2, -0.15) is 0 Å². The van der Waals surface area contributed by atoms with Crippen LogP contribution in [0.25, 0.3) is 0 Å². The van der Waals surface area contributed by atoms with E-state index in [1.807, 2.05) is 30.3 Å². The zero-order valence-electron chi connectivity index (χ0n) is 15.0. The van der Waals surface area contributed by atoms with E-state index in [0.717, 1.165) is 55.0 Å². The van der Waals surface area contributed by atoms with Gasteiger partial charge in [-0.1, -0.05) is 29.8 Å². The SMILES string of the molecule is COc1ccc(CCNC(=S)N2CCN(c3cccc(Cl)c3)CC2)cc1. The summed E-state index contributed by atoms with van der Waals surface area (Å²) in [6.07, 6.45) is 0.937. The minimum absolute atomic E-state index is 0.778. The summed E-state index contributed by atoms with van der Waals surface area (Å²) in [5.41, 5.74) is 2.45. The first-order chi connectivity index (χ1) is 12.7. The molecule has 138 valence electrons. The monoisotopic (exact) mass is 389 g/mol. The molecule has 1 heterocycles. The van der Waals surface area contributed by atoms with Crippen molar-refractivity contribution >= 4 is 34.6 Å². The molecule has 0 atom stereocenters. The summed E-state index contributed by atoms with van der Waals surface area (Å²) in [6.45, 7) is 4.56. The Hall–Kier alpha value is -1.98. The molecule has 0 aromatic heterocycles. The molecule has 0 bridgehead atoms. The van der Waals surface area contributed by atoms with Gasteiger partial charge >= 0.3 is 0 Å². The van der Waals surface area contributed by atoms with E-state index in [1.165, 1.54) is 11.3 Å². The zero-order valence-corrected chi connectivity index (χ0v) is 16.5. The fourth-order valence-electron chi connectivity index (χ4n) is 3.06. The van der Waals surface area contributed by atoms with Gasteiger partial charge in [-0.15, -0.1) is 0 Å². The van der Waals surface area contributed by atoms with Crippen molar-refractivity contribution in [1.82, 2.24) is 10.2 Å². The summed E-state index contributed by atoms with van der Waals surface area (Å²) in [5.74, 6) is 0.884. The largest absolute Gasteiger partial charge is 0.497 e. The van der Waals surface area contributed by atoms with Crippen LogP contribution in [0.5, 0.6) is 5.75 Å². The number of methoxy groups -OCH3 is 1. The lowest BCUT2D eigenvalue weighted by molar-refractivity contribution is 0.380. The van der Waals surface area contributed by atoms with Gasteiger partial charge in [-0.25, -0.2) is 0 Å². The third kappa shape index (κ3) is 5.02. The highest BCUT2D eigenvalue weighted by molar-refractivity contribution is 7.80. The number of nitrogens with zero attached hydrogens (tertiary/aromatic N) is 2. The molecule has 4 nitrogen and oxygen atoms in total. The molecule has 1 N–H and O–H groups in total. The first-order valence-electron chi connectivity index (χ1n) is 8.82. The number of anilines is 1. The summed E-state index contributed by atoms with van der Waals surface area (Å²) in [5, 5.41) is 5.00. The summed E-state index contributed by atoms with van der Waals surface area (Å²) < 4.78 is 5.18. The van der Waals surface area contributed by atoms with Crippen molar-refractivity contribution in [1.29, 1.82) is 0 Å². The molecule has 2 aromatic rings. The molecule has 1 aliphatic rings. The molecule has 0 spiro atoms. The van der Waals surface area contributed by atoms with Crippen LogP contribution in [0.2, 0.25) is 5.02 Å². The van der Waals surface area contributed by atoms with E-state index in [0.29, 0.717) is 0 Å². The summed E-state index contributed by atoms with van der Waals surface area (Å²) in [4.78, 5) is 4.59. The Morgan fingerprint density at radius 2 is 1.85 bits per heavy atom. The van der Waals surface area contributed by atoms with Gasteiger partial charge < -0.3 is 19.9 Å². The fraction of sp³-hybridized carbons (Fsp3) is 0.350. The van der Waals surface area contributed by atoms with Crippen LogP contribution < -0.4 is 15.0 Å². The van der Waals surface area contributed by atoms with Gasteiger partial charge in [0.1, 0.15) is 5.75 Å². The quantitative estimate of drug-likeness (QED) is 0.789. The average molecular weight is 390 g/mol. The smallest absolute Gasteiger partial charge is 0.169 e. The Kier molecular flexibility index (Phi) is 6.58. The first-order valence-corrected chi connectivity index (χ1v) is 9.60. The second kappa shape index (κ2) is 9.10. The Bertz CT molecular complexity index is 730. The molecule has 0 unspecified atom stereocenters. The van der Waals surface area contributed by atoms with Crippen LogP contribution in [-0.4, -0.2) is 49.8 Å². The normalized spacial score (nSPS) is 14.2. The number of hydrogen-bond acceptors (Lipinski definition) is 3. The lowest BCUT2D eigenvalue weighted by atomic mass is 10.1. The van der Waals surface area contributed by atoms with E-state index in [1.54, 1.807) is 7.11 Å². The number of thiocarbonyl (C=S) groups is 1. The lowest BCUT2D eigenvalue weighted by Gasteiger charge is -2.37. The lowest BCUT2D eigenvalue weighted by Crippen LogP contribution is -2.52. The van der Waals surface area contributed by atoms with Crippen molar-refractivity contribution in [2.24, 2.45) is 0 Å². The highest BCUT2D eigenvalue weighted by Gasteiger charge is 2.19. The maximum Gasteiger partial charge on any atom is 0.169 e. The van der Waals surface area contributed by atoms with Crippen molar-refractivity contribution < 1.29 is 4.74 Å². The number of benzene rings is 2. The summed E-state index contributed by atoms with van der Waals surface area (Å²) in [7, 11) is 1.68. The van der Waals surface area contributed by atoms with Crippen LogP contribution in [0.15, 0.2) is 48.5 Å². The van der Waals surface area contributed by atoms with Crippen LogP contribution in [0.1, 0.15) is 5.56 Å². The predicted octanol–water partition coefficient (Wildman–Crippen LogP) is 3.59. The first kappa shape index (κ1) is 18.8. The number of rotatable bonds is 5. The topological polar surface area (TPSA) is 27.7 Å². The predicted molar refractivity (Wildman–Crippen MR) is 113 cm³/mol. The van der Waals surface area contributed by atoms with Crippen molar-refractivity contribution in [3.63, 3.8) is 0 Å². The van der Waals surface area contributed by atoms with Crippen molar-refractivity contribution in [2.75, 3.05) is 44.7 Å². The molecule has 0 aliphatic carbocycles. The Morgan fingerprint density at radius 1 is 1.12 bits per heavy atom. The number of piperazine rings is 1. The molecule has 3 rings (SSSR count). The molecule has 0 saturated carbocycles. The highest BCUT2D eigenvalue weighted by atomic mass is 35.5. The van der Waals surface area contributed by atoms with Crippen LogP contribution in [0, 0.1) is 0 Å². The molecule has 2 aromatic carbocycles. The molecule has 0 amide bonds. The van der Waals surface area contributed by atoms with Gasteiger partial charge in [0.2, 0.25) is 0 Å². The second-order valence-electron chi connectivity index (χ2n) is 6.28. The summed E-state index contributed by atoms with van der Waals surface area (Å²) in [6, 6.07) is 16.2. The third-order valence-corrected chi connectivity index (χ3v) is 5.23. The van der Waals surface area contributed by atoms with E-state index in [4.69, 9.17) is 28.6 Å². The van der Waals surface area contributed by atoms with Crippen molar-refractivity contribution in [3.05, 3.63) is 59.1 Å². The fourth-order valence-corrected chi connectivity index (χ4v) is 3.53. The minimum atomic E-state index is 0.778. The average Bonchev–Trinajstić information content (AvgIpc) is 2.68. The number of ether oxygens (including phenoxy) is 1. The van der Waals surface area contributed by atoms with E-state index in [2.05, 4.69) is 33.3 Å². The van der Waals surface area contributed by atoms with Crippen molar-refractivity contribution in [3.8, 4) is 5.75 Å². The molecule has 1 saturated heterocycles. The maximum absolute atomic E-state index is 6.09. The van der Waals surface area contributed by atoms with Gasteiger partial charge in [0.05, 0.1) is 7.11 Å². The van der Waals surface area contributed by atoms with Crippen molar-refractivity contribution in [2.45, 2.75) is 6.42 Å². The van der Waals surface area contributed by atoms with E-state index in [-0.39, 0.29) is 0 Å². The van der Waals surface area contributed by atoms with Crippen LogP contribution in [0.3, 0.4) is 0 Å². The Balaban J connectivity index is 1.42. The highest BCUT2D eigenvalue weighted by Crippen LogP contribution is 2.20. The van der Waals surface area contributed by atoms with Crippen LogP contribution >= 0.6 is 23.8 Å². The molecule has 1 aliphatic heterocycles.